The van der Waals surface area contributed by atoms with Crippen molar-refractivity contribution in [3.05, 3.63) is 53.7 Å². The van der Waals surface area contributed by atoms with Crippen molar-refractivity contribution >= 4 is 36.3 Å². The van der Waals surface area contributed by atoms with Crippen LogP contribution in [-0.2, 0) is 27.0 Å². The number of alkyl halides is 2. The number of benzene rings is 2. The van der Waals surface area contributed by atoms with Crippen LogP contribution in [0.2, 0.25) is 5.82 Å². The summed E-state index contributed by atoms with van der Waals surface area (Å²) in [5.74, 6) is -1.77. The lowest BCUT2D eigenvalue weighted by atomic mass is 9.86. The highest BCUT2D eigenvalue weighted by Crippen LogP contribution is 2.52. The summed E-state index contributed by atoms with van der Waals surface area (Å²) in [6.07, 6.45) is -2.52. The van der Waals surface area contributed by atoms with Gasteiger partial charge in [0.25, 0.3) is 5.97 Å². The third-order valence-electron chi connectivity index (χ3n) is 6.94. The highest BCUT2D eigenvalue weighted by Gasteiger charge is 2.52. The number of aliphatic carboxylic acids is 1. The second-order valence-corrected chi connectivity index (χ2v) is 10.8. The molecule has 2 aromatic carbocycles. The number of anilines is 1. The molecule has 10 heteroatoms. The van der Waals surface area contributed by atoms with Crippen molar-refractivity contribution in [3.63, 3.8) is 0 Å². The maximum Gasteiger partial charge on any atom is 0.586 e. The molecule has 36 heavy (non-hydrogen) atoms. The summed E-state index contributed by atoms with van der Waals surface area (Å²) >= 11 is 0. The number of rotatable bonds is 6. The number of aromatic nitrogens is 1. The van der Waals surface area contributed by atoms with Crippen LogP contribution < -0.4 is 14.8 Å². The fourth-order valence-electron chi connectivity index (χ4n) is 4.79. The molecule has 1 atom stereocenters. The average Bonchev–Trinajstić information content (AvgIpc) is 3.42. The van der Waals surface area contributed by atoms with Gasteiger partial charge in [0.05, 0.1) is 5.41 Å². The van der Waals surface area contributed by atoms with Crippen molar-refractivity contribution < 1.29 is 33.0 Å². The third kappa shape index (κ3) is 4.18. The second kappa shape index (κ2) is 7.98. The molecule has 188 valence electrons. The van der Waals surface area contributed by atoms with E-state index in [9.17, 15) is 23.5 Å². The molecule has 1 aromatic heterocycles. The molecule has 1 fully saturated rings. The number of carboxylic acids is 1. The highest BCUT2D eigenvalue weighted by atomic mass is 19.3. The number of carbonyl (C=O) groups is 2. The van der Waals surface area contributed by atoms with Crippen molar-refractivity contribution in [2.45, 2.75) is 63.1 Å². The molecule has 0 radical (unpaired) electrons. The van der Waals surface area contributed by atoms with Crippen LogP contribution in [0.15, 0.2) is 42.5 Å². The van der Waals surface area contributed by atoms with Crippen molar-refractivity contribution in [3.8, 4) is 11.5 Å². The van der Waals surface area contributed by atoms with Gasteiger partial charge in [-0.1, -0.05) is 26.8 Å². The summed E-state index contributed by atoms with van der Waals surface area (Å²) in [6.45, 7) is 6.56. The lowest BCUT2D eigenvalue weighted by molar-refractivity contribution is -0.286. The van der Waals surface area contributed by atoms with Crippen molar-refractivity contribution in [1.29, 1.82) is 0 Å². The first-order chi connectivity index (χ1) is 16.8. The van der Waals surface area contributed by atoms with Gasteiger partial charge in [0.15, 0.2) is 11.5 Å². The molecule has 7 nitrogen and oxygen atoms in total. The Balaban J connectivity index is 1.42. The minimum Gasteiger partial charge on any atom is -0.482 e. The molecule has 0 bridgehead atoms. The van der Waals surface area contributed by atoms with Gasteiger partial charge in [-0.2, -0.15) is 0 Å². The number of carboxylic acid groups (broad SMARTS) is 1. The van der Waals surface area contributed by atoms with Gasteiger partial charge in [-0.25, -0.2) is 0 Å². The van der Waals surface area contributed by atoms with E-state index in [1.807, 2.05) is 22.8 Å². The number of hydrogen-bond acceptors (Lipinski definition) is 4. The van der Waals surface area contributed by atoms with E-state index in [2.05, 4.69) is 35.6 Å². The SMILES string of the molecule is BC(Cn1c(C(C)(C)C)cc2cc(NC(=O)C3(c4ccc5c(c4)OC(F)(F)O5)CC3)ccc21)C(=O)O. The molecule has 0 spiro atoms. The zero-order valence-electron chi connectivity index (χ0n) is 20.5. The summed E-state index contributed by atoms with van der Waals surface area (Å²) in [7, 11) is 1.68. The Hall–Kier alpha value is -3.56. The van der Waals surface area contributed by atoms with Gasteiger partial charge in [0.1, 0.15) is 7.85 Å². The fourth-order valence-corrected chi connectivity index (χ4v) is 4.79. The smallest absolute Gasteiger partial charge is 0.482 e. The van der Waals surface area contributed by atoms with Crippen molar-refractivity contribution in [1.82, 2.24) is 4.57 Å². The van der Waals surface area contributed by atoms with E-state index in [1.165, 1.54) is 12.1 Å². The quantitative estimate of drug-likeness (QED) is 0.493. The van der Waals surface area contributed by atoms with Crippen LogP contribution in [-0.4, -0.2) is 35.7 Å². The zero-order chi connectivity index (χ0) is 26.0. The van der Waals surface area contributed by atoms with E-state index in [0.29, 0.717) is 30.6 Å². The van der Waals surface area contributed by atoms with Gasteiger partial charge in [-0.15, -0.1) is 8.78 Å². The Kier molecular flexibility index (Phi) is 5.35. The van der Waals surface area contributed by atoms with Gasteiger partial charge in [0.2, 0.25) is 5.91 Å². The number of nitrogens with zero attached hydrogens (tertiary/aromatic N) is 1. The summed E-state index contributed by atoms with van der Waals surface area (Å²) < 4.78 is 37.9. The molecule has 1 amide bonds. The Morgan fingerprint density at radius 2 is 1.81 bits per heavy atom. The molecule has 1 saturated carbocycles. The molecule has 0 saturated heterocycles. The highest BCUT2D eigenvalue weighted by molar-refractivity contribution is 6.22. The topological polar surface area (TPSA) is 89.8 Å². The van der Waals surface area contributed by atoms with Crippen LogP contribution in [0, 0.1) is 0 Å². The van der Waals surface area contributed by atoms with E-state index in [4.69, 9.17) is 0 Å². The first-order valence-electron chi connectivity index (χ1n) is 11.9. The van der Waals surface area contributed by atoms with Crippen LogP contribution in [0.4, 0.5) is 14.5 Å². The average molecular weight is 496 g/mol. The first kappa shape index (κ1) is 24.2. The fraction of sp³-hybridized carbons (Fsp3) is 0.385. The minimum absolute atomic E-state index is 0.0539. The first-order valence-corrected chi connectivity index (χ1v) is 11.9. The molecule has 1 aliphatic heterocycles. The molecule has 3 aromatic rings. The van der Waals surface area contributed by atoms with Crippen LogP contribution in [0.25, 0.3) is 10.9 Å². The number of carbonyl (C=O) groups excluding carboxylic acids is 1. The van der Waals surface area contributed by atoms with E-state index >= 15 is 0 Å². The van der Waals surface area contributed by atoms with Crippen LogP contribution in [0.5, 0.6) is 11.5 Å². The number of hydrogen-bond donors (Lipinski definition) is 2. The van der Waals surface area contributed by atoms with Gasteiger partial charge in [-0.3, -0.25) is 9.59 Å². The monoisotopic (exact) mass is 496 g/mol. The van der Waals surface area contributed by atoms with Gasteiger partial charge >= 0.3 is 6.29 Å². The van der Waals surface area contributed by atoms with E-state index in [1.54, 1.807) is 20.0 Å². The maximum absolute atomic E-state index is 13.4. The predicted octanol–water partition coefficient (Wildman–Crippen LogP) is 4.44. The lowest BCUT2D eigenvalue weighted by Crippen LogP contribution is -2.27. The number of fused-ring (bicyclic) bond motifs is 2. The normalized spacial score (nSPS) is 18.1. The van der Waals surface area contributed by atoms with Gasteiger partial charge < -0.3 is 24.5 Å². The maximum atomic E-state index is 13.4. The molecule has 1 aliphatic carbocycles. The lowest BCUT2D eigenvalue weighted by Gasteiger charge is -2.23. The van der Waals surface area contributed by atoms with Crippen LogP contribution in [0.3, 0.4) is 0 Å². The summed E-state index contributed by atoms with van der Waals surface area (Å²) in [6, 6.07) is 12.1. The van der Waals surface area contributed by atoms with Crippen LogP contribution in [0.1, 0.15) is 44.9 Å². The molecular weight excluding hydrogens is 469 g/mol. The molecule has 5 rings (SSSR count). The van der Waals surface area contributed by atoms with Gasteiger partial charge in [0, 0.05) is 40.1 Å². The van der Waals surface area contributed by atoms with E-state index < -0.39 is 23.5 Å². The predicted molar refractivity (Wildman–Crippen MR) is 133 cm³/mol. The molecule has 2 aliphatic rings. The molecule has 2 heterocycles. The third-order valence-corrected chi connectivity index (χ3v) is 6.94. The second-order valence-electron chi connectivity index (χ2n) is 10.8. The van der Waals surface area contributed by atoms with Crippen LogP contribution >= 0.6 is 0 Å². The minimum atomic E-state index is -3.71. The number of nitrogens with one attached hydrogen (secondary N) is 1. The van der Waals surface area contributed by atoms with Gasteiger partial charge in [-0.05, 0) is 54.8 Å². The summed E-state index contributed by atoms with van der Waals surface area (Å²) in [4.78, 5) is 24.8. The molecule has 2 N–H and O–H groups in total. The van der Waals surface area contributed by atoms with Crippen molar-refractivity contribution in [2.75, 3.05) is 5.32 Å². The summed E-state index contributed by atoms with van der Waals surface area (Å²) in [5, 5.41) is 13.3. The standard InChI is InChI=1S/C26H27BF2N2O5/c1-24(2,3)21-11-14-10-16(5-6-18(14)31(21)13-17(27)22(32)33)30-23(34)25(8-9-25)15-4-7-19-20(12-15)36-26(28,29)35-19/h4-7,10-12,17H,8-9,13,27H2,1-3H3,(H,30,34)(H,32,33). The number of halogens is 2. The molecule has 1 unspecified atom stereocenters. The van der Waals surface area contributed by atoms with E-state index in [0.717, 1.165) is 16.6 Å². The Labute approximate surface area is 207 Å². The zero-order valence-corrected chi connectivity index (χ0v) is 20.5. The van der Waals surface area contributed by atoms with Crippen molar-refractivity contribution in [2.24, 2.45) is 0 Å². The Morgan fingerprint density at radius 1 is 1.11 bits per heavy atom. The number of amides is 1. The van der Waals surface area contributed by atoms with E-state index in [-0.39, 0.29) is 22.8 Å². The largest absolute Gasteiger partial charge is 0.586 e. The Bertz CT molecular complexity index is 1390. The number of ether oxygens (including phenoxy) is 2. The Morgan fingerprint density at radius 3 is 2.44 bits per heavy atom. The molecular formula is C26H27BF2N2O5. The summed E-state index contributed by atoms with van der Waals surface area (Å²) in [5.41, 5.74) is 2.08.